The maximum Gasteiger partial charge on any atom is 0.263 e. The van der Waals surface area contributed by atoms with E-state index in [0.717, 1.165) is 49.5 Å². The van der Waals surface area contributed by atoms with Crippen molar-refractivity contribution in [3.63, 3.8) is 0 Å². The Balaban J connectivity index is 1.14. The van der Waals surface area contributed by atoms with Crippen molar-refractivity contribution < 1.29 is 4.79 Å². The quantitative estimate of drug-likeness (QED) is 0.379. The molecule has 0 aliphatic carbocycles. The van der Waals surface area contributed by atoms with E-state index in [9.17, 15) is 4.79 Å². The van der Waals surface area contributed by atoms with Gasteiger partial charge in [0.25, 0.3) is 5.91 Å². The van der Waals surface area contributed by atoms with Crippen LogP contribution in [-0.4, -0.2) is 75.5 Å². The van der Waals surface area contributed by atoms with Crippen LogP contribution >= 0.6 is 0 Å². The molecule has 2 aromatic heterocycles. The number of rotatable bonds is 7. The van der Waals surface area contributed by atoms with Crippen molar-refractivity contribution in [1.82, 2.24) is 29.9 Å². The summed E-state index contributed by atoms with van der Waals surface area (Å²) < 4.78 is 1.80. The number of piperidine rings is 1. The van der Waals surface area contributed by atoms with Gasteiger partial charge >= 0.3 is 0 Å². The molecule has 6 rings (SSSR count). The van der Waals surface area contributed by atoms with Crippen LogP contribution in [0.5, 0.6) is 0 Å². The van der Waals surface area contributed by atoms with E-state index < -0.39 is 0 Å². The van der Waals surface area contributed by atoms with Gasteiger partial charge in [0.2, 0.25) is 5.95 Å². The molecule has 0 unspecified atom stereocenters. The molecule has 1 N–H and O–H groups in total. The standard InChI is InChI=1S/C30H35N9O/c1-3-31-30-32-19-27-28(33-30)36(2)16-17-38(29(27)40)25-10-7-11-26(18-25)39-21-24(34-35-39)20-37-14-12-23(13-15-37)22-8-5-4-6-9-22/h4-11,18-19,21,23H,3,12-17,20H2,1-2H3,(H,31,32,33). The molecule has 0 bridgehead atoms. The van der Waals surface area contributed by atoms with E-state index in [1.165, 1.54) is 5.56 Å². The molecule has 2 aliphatic rings. The third-order valence-corrected chi connectivity index (χ3v) is 7.79. The van der Waals surface area contributed by atoms with Gasteiger partial charge in [-0.2, -0.15) is 4.98 Å². The maximum absolute atomic E-state index is 13.6. The van der Waals surface area contributed by atoms with Gasteiger partial charge in [-0.1, -0.05) is 41.6 Å². The van der Waals surface area contributed by atoms with E-state index in [1.54, 1.807) is 15.8 Å². The summed E-state index contributed by atoms with van der Waals surface area (Å²) in [4.78, 5) is 28.8. The number of benzene rings is 2. The number of hydrogen-bond acceptors (Lipinski definition) is 8. The summed E-state index contributed by atoms with van der Waals surface area (Å²) in [6, 6.07) is 18.7. The summed E-state index contributed by atoms with van der Waals surface area (Å²) in [6.45, 7) is 6.78. The number of anilines is 3. The second kappa shape index (κ2) is 11.4. The third-order valence-electron chi connectivity index (χ3n) is 7.79. The lowest BCUT2D eigenvalue weighted by Gasteiger charge is -2.31. The van der Waals surface area contributed by atoms with E-state index in [4.69, 9.17) is 0 Å². The van der Waals surface area contributed by atoms with Crippen molar-refractivity contribution in [2.45, 2.75) is 32.2 Å². The van der Waals surface area contributed by atoms with Crippen LogP contribution in [0.3, 0.4) is 0 Å². The number of nitrogens with one attached hydrogen (secondary N) is 1. The Bertz CT molecular complexity index is 1460. The normalized spacial score (nSPS) is 16.6. The molecule has 2 aliphatic heterocycles. The number of carbonyl (C=O) groups is 1. The van der Waals surface area contributed by atoms with E-state index in [-0.39, 0.29) is 5.91 Å². The Morgan fingerprint density at radius 2 is 1.77 bits per heavy atom. The summed E-state index contributed by atoms with van der Waals surface area (Å²) in [7, 11) is 1.95. The van der Waals surface area contributed by atoms with Crippen molar-refractivity contribution in [3.05, 3.63) is 83.8 Å². The van der Waals surface area contributed by atoms with Gasteiger partial charge in [-0.3, -0.25) is 9.69 Å². The molecule has 0 atom stereocenters. The average Bonchev–Trinajstić information content (AvgIpc) is 3.42. The molecule has 1 saturated heterocycles. The Morgan fingerprint density at radius 1 is 0.975 bits per heavy atom. The number of likely N-dealkylation sites (N-methyl/N-ethyl adjacent to an activating group) is 1. The lowest BCUT2D eigenvalue weighted by molar-refractivity contribution is 0.0989. The van der Waals surface area contributed by atoms with Gasteiger partial charge in [0.15, 0.2) is 0 Å². The third kappa shape index (κ3) is 5.40. The number of likely N-dealkylation sites (tertiary alicyclic amines) is 1. The first-order valence-electron chi connectivity index (χ1n) is 14.0. The lowest BCUT2D eigenvalue weighted by Crippen LogP contribution is -2.33. The van der Waals surface area contributed by atoms with Gasteiger partial charge in [-0.25, -0.2) is 9.67 Å². The molecule has 1 fully saturated rings. The highest BCUT2D eigenvalue weighted by atomic mass is 16.2. The largest absolute Gasteiger partial charge is 0.357 e. The molecule has 0 radical (unpaired) electrons. The van der Waals surface area contributed by atoms with E-state index in [0.29, 0.717) is 42.9 Å². The molecule has 0 saturated carbocycles. The second-order valence-electron chi connectivity index (χ2n) is 10.5. The minimum atomic E-state index is -0.113. The van der Waals surface area contributed by atoms with E-state index in [1.807, 2.05) is 49.3 Å². The van der Waals surface area contributed by atoms with Crippen LogP contribution in [-0.2, 0) is 6.54 Å². The van der Waals surface area contributed by atoms with Crippen LogP contribution in [0.25, 0.3) is 5.69 Å². The second-order valence-corrected chi connectivity index (χ2v) is 10.5. The summed E-state index contributed by atoms with van der Waals surface area (Å²) in [6.07, 6.45) is 5.92. The van der Waals surface area contributed by atoms with Gasteiger partial charge < -0.3 is 15.1 Å². The summed E-state index contributed by atoms with van der Waals surface area (Å²) in [5.41, 5.74) is 4.55. The van der Waals surface area contributed by atoms with Crippen molar-refractivity contribution >= 4 is 23.4 Å². The Labute approximate surface area is 234 Å². The predicted molar refractivity (Wildman–Crippen MR) is 156 cm³/mol. The Morgan fingerprint density at radius 3 is 2.58 bits per heavy atom. The van der Waals surface area contributed by atoms with Crippen molar-refractivity contribution in [3.8, 4) is 5.69 Å². The number of fused-ring (bicyclic) bond motifs is 1. The molecule has 0 spiro atoms. The number of aromatic nitrogens is 5. The van der Waals surface area contributed by atoms with Gasteiger partial charge in [-0.15, -0.1) is 5.10 Å². The molecular weight excluding hydrogens is 502 g/mol. The predicted octanol–water partition coefficient (Wildman–Crippen LogP) is 3.97. The Kier molecular flexibility index (Phi) is 7.41. The molecule has 1 amide bonds. The van der Waals surface area contributed by atoms with Crippen molar-refractivity contribution in [2.24, 2.45) is 0 Å². The van der Waals surface area contributed by atoms with Gasteiger partial charge in [0, 0.05) is 45.1 Å². The van der Waals surface area contributed by atoms with Crippen molar-refractivity contribution in [1.29, 1.82) is 0 Å². The van der Waals surface area contributed by atoms with Gasteiger partial charge in [-0.05, 0) is 62.5 Å². The highest BCUT2D eigenvalue weighted by Gasteiger charge is 2.28. The topological polar surface area (TPSA) is 95.3 Å². The Hall–Kier alpha value is -4.31. The molecule has 40 heavy (non-hydrogen) atoms. The fourth-order valence-electron chi connectivity index (χ4n) is 5.59. The number of hydrogen-bond donors (Lipinski definition) is 1. The van der Waals surface area contributed by atoms with Crippen molar-refractivity contribution in [2.75, 3.05) is 54.9 Å². The molecule has 4 aromatic rings. The summed E-state index contributed by atoms with van der Waals surface area (Å²) in [5, 5.41) is 12.0. The highest BCUT2D eigenvalue weighted by Crippen LogP contribution is 2.29. The molecule has 4 heterocycles. The number of nitrogens with zero attached hydrogens (tertiary/aromatic N) is 8. The maximum atomic E-state index is 13.6. The molecule has 206 valence electrons. The fourth-order valence-corrected chi connectivity index (χ4v) is 5.59. The minimum Gasteiger partial charge on any atom is -0.357 e. The monoisotopic (exact) mass is 537 g/mol. The average molecular weight is 538 g/mol. The molecule has 2 aromatic carbocycles. The summed E-state index contributed by atoms with van der Waals surface area (Å²) >= 11 is 0. The van der Waals surface area contributed by atoms with Crippen LogP contribution < -0.4 is 15.1 Å². The molecule has 10 heteroatoms. The molecule has 10 nitrogen and oxygen atoms in total. The number of carbonyl (C=O) groups excluding carboxylic acids is 1. The minimum absolute atomic E-state index is 0.113. The molecular formula is C30H35N9O. The number of amides is 1. The zero-order valence-electron chi connectivity index (χ0n) is 23.1. The van der Waals surface area contributed by atoms with Crippen LogP contribution in [0, 0.1) is 0 Å². The first-order chi connectivity index (χ1) is 19.6. The van der Waals surface area contributed by atoms with E-state index >= 15 is 0 Å². The van der Waals surface area contributed by atoms with E-state index in [2.05, 4.69) is 60.8 Å². The lowest BCUT2D eigenvalue weighted by atomic mass is 9.89. The first-order valence-corrected chi connectivity index (χ1v) is 14.0. The van der Waals surface area contributed by atoms with Gasteiger partial charge in [0.1, 0.15) is 11.4 Å². The van der Waals surface area contributed by atoms with Crippen LogP contribution in [0.15, 0.2) is 67.0 Å². The van der Waals surface area contributed by atoms with Crippen LogP contribution in [0.2, 0.25) is 0 Å². The fraction of sp³-hybridized carbons (Fsp3) is 0.367. The van der Waals surface area contributed by atoms with Crippen LogP contribution in [0.4, 0.5) is 17.5 Å². The smallest absolute Gasteiger partial charge is 0.263 e. The summed E-state index contributed by atoms with van der Waals surface area (Å²) in [5.74, 6) is 1.69. The first kappa shape index (κ1) is 25.9. The van der Waals surface area contributed by atoms with Crippen LogP contribution in [0.1, 0.15) is 47.3 Å². The SMILES string of the molecule is CCNc1ncc2c(n1)N(C)CCN(c1cccc(-n3cc(CN4CCC(c5ccccc5)CC4)nn3)c1)C2=O. The zero-order chi connectivity index (χ0) is 27.5. The van der Waals surface area contributed by atoms with Gasteiger partial charge in [0.05, 0.1) is 17.6 Å². The zero-order valence-corrected chi connectivity index (χ0v) is 23.1. The highest BCUT2D eigenvalue weighted by molar-refractivity contribution is 6.09.